The number of carbonyl (C=O) groups is 5. The number of esters is 3. The minimum Gasteiger partial charge on any atom is -0.478 e. The van der Waals surface area contributed by atoms with Crippen LogP contribution in [0.25, 0.3) is 0 Å². The second-order valence-corrected chi connectivity index (χ2v) is 3.92. The molecule has 22 heavy (non-hydrogen) atoms. The van der Waals surface area contributed by atoms with Gasteiger partial charge in [-0.3, -0.25) is 19.2 Å². The summed E-state index contributed by atoms with van der Waals surface area (Å²) in [7, 11) is 0. The van der Waals surface area contributed by atoms with E-state index in [2.05, 4.69) is 14.2 Å². The maximum absolute atomic E-state index is 11.9. The van der Waals surface area contributed by atoms with Gasteiger partial charge in [-0.05, 0) is 6.92 Å². The van der Waals surface area contributed by atoms with Crippen LogP contribution in [-0.4, -0.2) is 60.3 Å². The second kappa shape index (κ2) is 9.32. The van der Waals surface area contributed by atoms with Gasteiger partial charge in [-0.15, -0.1) is 0 Å². The molecular formula is C12H17NO9. The van der Waals surface area contributed by atoms with Crippen molar-refractivity contribution < 1.29 is 43.3 Å². The normalized spacial score (nSPS) is 12.5. The molecule has 10 heteroatoms. The van der Waals surface area contributed by atoms with Crippen molar-refractivity contribution in [3.05, 3.63) is 0 Å². The van der Waals surface area contributed by atoms with E-state index in [-0.39, 0.29) is 6.61 Å². The van der Waals surface area contributed by atoms with Crippen LogP contribution in [0.2, 0.25) is 0 Å². The molecule has 0 aliphatic rings. The van der Waals surface area contributed by atoms with Gasteiger partial charge in [0.25, 0.3) is 5.91 Å². The number of carbonyl (C=O) groups excluding carboxylic acids is 4. The number of ether oxygens (including phenoxy) is 3. The Balaban J connectivity index is 5.03. The van der Waals surface area contributed by atoms with Crippen molar-refractivity contribution in [2.45, 2.75) is 33.0 Å². The number of carboxylic acids is 1. The van der Waals surface area contributed by atoms with Crippen LogP contribution in [-0.2, 0) is 38.2 Å². The Labute approximate surface area is 125 Å². The fourth-order valence-electron chi connectivity index (χ4n) is 1.32. The molecule has 0 unspecified atom stereocenters. The monoisotopic (exact) mass is 319 g/mol. The number of rotatable bonds is 8. The van der Waals surface area contributed by atoms with Gasteiger partial charge in [0, 0.05) is 13.8 Å². The Bertz CT molecular complexity index is 460. The zero-order valence-corrected chi connectivity index (χ0v) is 12.3. The van der Waals surface area contributed by atoms with E-state index in [1.807, 2.05) is 5.32 Å². The second-order valence-electron chi connectivity index (χ2n) is 3.92. The summed E-state index contributed by atoms with van der Waals surface area (Å²) in [5, 5.41) is 11.0. The predicted octanol–water partition coefficient (Wildman–Crippen LogP) is -1.39. The molecule has 0 saturated carbocycles. The molecule has 1 amide bonds. The lowest BCUT2D eigenvalue weighted by molar-refractivity contribution is -0.180. The lowest BCUT2D eigenvalue weighted by Crippen LogP contribution is -2.50. The SMILES string of the molecule is CCOC(=O)CNC(=O)[C@@H](OC(C)=O)[C@@H](OC(C)=O)C(=O)O. The number of hydrogen-bond acceptors (Lipinski definition) is 8. The predicted molar refractivity (Wildman–Crippen MR) is 68.4 cm³/mol. The molecule has 0 radical (unpaired) electrons. The number of amides is 1. The van der Waals surface area contributed by atoms with E-state index in [1.54, 1.807) is 6.92 Å². The minimum atomic E-state index is -2.04. The molecule has 0 rings (SSSR count). The largest absolute Gasteiger partial charge is 0.478 e. The summed E-state index contributed by atoms with van der Waals surface area (Å²) < 4.78 is 13.6. The summed E-state index contributed by atoms with van der Waals surface area (Å²) in [6.07, 6.45) is -3.98. The van der Waals surface area contributed by atoms with Crippen molar-refractivity contribution in [2.24, 2.45) is 0 Å². The standard InChI is InChI=1S/C12H17NO9/c1-4-20-8(16)5-13-11(17)9(21-6(2)14)10(12(18)19)22-7(3)15/h9-10H,4-5H2,1-3H3,(H,13,17)(H,18,19)/t9-,10+/m0/s1. The molecule has 0 fully saturated rings. The number of aliphatic carboxylic acids is 1. The van der Waals surface area contributed by atoms with E-state index in [0.717, 1.165) is 13.8 Å². The van der Waals surface area contributed by atoms with Crippen molar-refractivity contribution in [3.8, 4) is 0 Å². The van der Waals surface area contributed by atoms with Gasteiger partial charge in [0.05, 0.1) is 6.61 Å². The third-order valence-corrected chi connectivity index (χ3v) is 2.07. The van der Waals surface area contributed by atoms with Gasteiger partial charge >= 0.3 is 23.9 Å². The van der Waals surface area contributed by atoms with E-state index < -0.39 is 48.5 Å². The van der Waals surface area contributed by atoms with E-state index in [1.165, 1.54) is 0 Å². The first-order chi connectivity index (χ1) is 10.2. The number of hydrogen-bond donors (Lipinski definition) is 2. The Morgan fingerprint density at radius 2 is 1.50 bits per heavy atom. The van der Waals surface area contributed by atoms with Gasteiger partial charge in [-0.1, -0.05) is 0 Å². The van der Waals surface area contributed by atoms with Crippen molar-refractivity contribution in [1.82, 2.24) is 5.32 Å². The van der Waals surface area contributed by atoms with E-state index in [4.69, 9.17) is 5.11 Å². The van der Waals surface area contributed by atoms with Gasteiger partial charge in [0.1, 0.15) is 6.54 Å². The van der Waals surface area contributed by atoms with Crippen LogP contribution in [0.5, 0.6) is 0 Å². The molecule has 0 heterocycles. The highest BCUT2D eigenvalue weighted by atomic mass is 16.6. The summed E-state index contributed by atoms with van der Waals surface area (Å²) in [6, 6.07) is 0. The molecule has 0 aromatic carbocycles. The Hall–Kier alpha value is -2.65. The first-order valence-corrected chi connectivity index (χ1v) is 6.19. The average molecular weight is 319 g/mol. The highest BCUT2D eigenvalue weighted by Crippen LogP contribution is 2.07. The highest BCUT2D eigenvalue weighted by Gasteiger charge is 2.39. The first-order valence-electron chi connectivity index (χ1n) is 6.19. The maximum atomic E-state index is 11.9. The maximum Gasteiger partial charge on any atom is 0.349 e. The van der Waals surface area contributed by atoms with Crippen molar-refractivity contribution in [1.29, 1.82) is 0 Å². The zero-order chi connectivity index (χ0) is 17.3. The fourth-order valence-corrected chi connectivity index (χ4v) is 1.32. The molecule has 0 aliphatic heterocycles. The summed E-state index contributed by atoms with van der Waals surface area (Å²) in [4.78, 5) is 55.9. The summed E-state index contributed by atoms with van der Waals surface area (Å²) in [6.45, 7) is 2.96. The highest BCUT2D eigenvalue weighted by molar-refractivity contribution is 5.92. The molecule has 124 valence electrons. The smallest absolute Gasteiger partial charge is 0.349 e. The molecule has 10 nitrogen and oxygen atoms in total. The van der Waals surface area contributed by atoms with Crippen LogP contribution in [0, 0.1) is 0 Å². The summed E-state index contributed by atoms with van der Waals surface area (Å²) in [5.74, 6) is -5.51. The molecule has 0 saturated heterocycles. The molecule has 2 atom stereocenters. The average Bonchev–Trinajstić information content (AvgIpc) is 2.39. The van der Waals surface area contributed by atoms with Crippen molar-refractivity contribution in [2.75, 3.05) is 13.2 Å². The molecule has 0 bridgehead atoms. The molecule has 0 aromatic heterocycles. The van der Waals surface area contributed by atoms with Gasteiger partial charge < -0.3 is 24.6 Å². The topological polar surface area (TPSA) is 145 Å². The van der Waals surface area contributed by atoms with Crippen LogP contribution >= 0.6 is 0 Å². The van der Waals surface area contributed by atoms with Gasteiger partial charge in [-0.2, -0.15) is 0 Å². The van der Waals surface area contributed by atoms with Gasteiger partial charge in [-0.25, -0.2) is 4.79 Å². The molecule has 0 aromatic rings. The Morgan fingerprint density at radius 1 is 1.00 bits per heavy atom. The van der Waals surface area contributed by atoms with E-state index in [9.17, 15) is 24.0 Å². The van der Waals surface area contributed by atoms with Crippen LogP contribution in [0.3, 0.4) is 0 Å². The van der Waals surface area contributed by atoms with E-state index >= 15 is 0 Å². The van der Waals surface area contributed by atoms with Crippen LogP contribution in [0.1, 0.15) is 20.8 Å². The van der Waals surface area contributed by atoms with Crippen LogP contribution < -0.4 is 5.32 Å². The Kier molecular flexibility index (Phi) is 8.19. The van der Waals surface area contributed by atoms with Crippen LogP contribution in [0.4, 0.5) is 0 Å². The lowest BCUT2D eigenvalue weighted by Gasteiger charge is -2.22. The zero-order valence-electron chi connectivity index (χ0n) is 12.3. The lowest BCUT2D eigenvalue weighted by atomic mass is 10.2. The van der Waals surface area contributed by atoms with Crippen LogP contribution in [0.15, 0.2) is 0 Å². The number of nitrogens with one attached hydrogen (secondary N) is 1. The van der Waals surface area contributed by atoms with Crippen molar-refractivity contribution in [3.63, 3.8) is 0 Å². The van der Waals surface area contributed by atoms with Gasteiger partial charge in [0.15, 0.2) is 0 Å². The summed E-state index contributed by atoms with van der Waals surface area (Å²) in [5.41, 5.74) is 0. The third kappa shape index (κ3) is 7.22. The molecule has 2 N–H and O–H groups in total. The quantitative estimate of drug-likeness (QED) is 0.408. The molecular weight excluding hydrogens is 302 g/mol. The summed E-state index contributed by atoms with van der Waals surface area (Å²) >= 11 is 0. The minimum absolute atomic E-state index is 0.0906. The number of carboxylic acid groups (broad SMARTS) is 1. The first kappa shape index (κ1) is 19.4. The van der Waals surface area contributed by atoms with Gasteiger partial charge in [0.2, 0.25) is 12.2 Å². The fraction of sp³-hybridized carbons (Fsp3) is 0.583. The third-order valence-electron chi connectivity index (χ3n) is 2.07. The van der Waals surface area contributed by atoms with Crippen molar-refractivity contribution >= 4 is 29.8 Å². The molecule has 0 spiro atoms. The van der Waals surface area contributed by atoms with E-state index in [0.29, 0.717) is 0 Å². The Morgan fingerprint density at radius 3 is 1.91 bits per heavy atom. The molecule has 0 aliphatic carbocycles.